The molecule has 0 aliphatic rings. The van der Waals surface area contributed by atoms with Crippen molar-refractivity contribution in [2.24, 2.45) is 0 Å². The maximum Gasteiger partial charge on any atom is 0.172 e. The first-order valence-electron chi connectivity index (χ1n) is 3.84. The van der Waals surface area contributed by atoms with Crippen LogP contribution in [-0.2, 0) is 0 Å². The van der Waals surface area contributed by atoms with Gasteiger partial charge in [0.2, 0.25) is 0 Å². The zero-order valence-corrected chi connectivity index (χ0v) is 7.17. The molecule has 1 heterocycles. The highest BCUT2D eigenvalue weighted by Gasteiger charge is 2.19. The van der Waals surface area contributed by atoms with E-state index in [1.54, 1.807) is 0 Å². The van der Waals surface area contributed by atoms with Gasteiger partial charge in [-0.05, 0) is 6.92 Å². The molecule has 1 aromatic heterocycles. The molecule has 0 fully saturated rings. The van der Waals surface area contributed by atoms with Gasteiger partial charge in [0.15, 0.2) is 11.4 Å². The first-order chi connectivity index (χ1) is 6.61. The molecule has 2 aromatic rings. The van der Waals surface area contributed by atoms with Crippen molar-refractivity contribution in [1.82, 2.24) is 5.16 Å². The monoisotopic (exact) mass is 197 g/mol. The summed E-state index contributed by atoms with van der Waals surface area (Å²) < 4.78 is 31.2. The summed E-state index contributed by atoms with van der Waals surface area (Å²) in [4.78, 5) is 10.9. The Morgan fingerprint density at radius 1 is 1.50 bits per heavy atom. The number of ketones is 1. The fraction of sp³-hybridized carbons (Fsp3) is 0.111. The van der Waals surface area contributed by atoms with Gasteiger partial charge in [-0.25, -0.2) is 8.78 Å². The number of hydrogen-bond donors (Lipinski definition) is 0. The first-order valence-corrected chi connectivity index (χ1v) is 3.84. The average Bonchev–Trinajstić information content (AvgIpc) is 2.50. The van der Waals surface area contributed by atoms with E-state index in [4.69, 9.17) is 0 Å². The van der Waals surface area contributed by atoms with Crippen LogP contribution in [0.4, 0.5) is 8.78 Å². The van der Waals surface area contributed by atoms with Crippen LogP contribution in [-0.4, -0.2) is 10.9 Å². The van der Waals surface area contributed by atoms with Gasteiger partial charge in [-0.3, -0.25) is 4.79 Å². The van der Waals surface area contributed by atoms with Crippen molar-refractivity contribution < 1.29 is 18.1 Å². The lowest BCUT2D eigenvalue weighted by atomic mass is 10.1. The molecule has 0 bridgehead atoms. The van der Waals surface area contributed by atoms with Crippen molar-refractivity contribution in [3.8, 4) is 0 Å². The van der Waals surface area contributed by atoms with Crippen molar-refractivity contribution >= 4 is 16.8 Å². The molecule has 2 rings (SSSR count). The van der Waals surface area contributed by atoms with Gasteiger partial charge in [-0.2, -0.15) is 0 Å². The van der Waals surface area contributed by atoms with Crippen LogP contribution in [0.2, 0.25) is 0 Å². The number of carbonyl (C=O) groups is 1. The van der Waals surface area contributed by atoms with E-state index in [0.29, 0.717) is 0 Å². The Hall–Kier alpha value is -1.78. The summed E-state index contributed by atoms with van der Waals surface area (Å²) in [6, 6.07) is 0.947. The highest BCUT2D eigenvalue weighted by atomic mass is 19.1. The molecule has 0 radical (unpaired) electrons. The SMILES string of the molecule is CC(=O)c1c(F)cc2oncc2c1F. The van der Waals surface area contributed by atoms with E-state index in [9.17, 15) is 13.6 Å². The number of benzene rings is 1. The summed E-state index contributed by atoms with van der Waals surface area (Å²) in [6.07, 6.45) is 1.11. The van der Waals surface area contributed by atoms with Gasteiger partial charge in [0.25, 0.3) is 0 Å². The van der Waals surface area contributed by atoms with E-state index in [2.05, 4.69) is 9.68 Å². The van der Waals surface area contributed by atoms with E-state index in [-0.39, 0.29) is 11.0 Å². The van der Waals surface area contributed by atoms with Gasteiger partial charge in [0, 0.05) is 6.07 Å². The van der Waals surface area contributed by atoms with Crippen LogP contribution in [0.25, 0.3) is 11.0 Å². The number of hydrogen-bond acceptors (Lipinski definition) is 3. The van der Waals surface area contributed by atoms with Crippen LogP contribution in [0.15, 0.2) is 16.8 Å². The van der Waals surface area contributed by atoms with E-state index < -0.39 is 23.0 Å². The molecule has 0 atom stereocenters. The number of rotatable bonds is 1. The fourth-order valence-electron chi connectivity index (χ4n) is 1.27. The van der Waals surface area contributed by atoms with Gasteiger partial charge in [0.1, 0.15) is 11.6 Å². The number of Topliss-reactive ketones (excluding diaryl/α,β-unsaturated/α-hetero) is 1. The van der Waals surface area contributed by atoms with Gasteiger partial charge >= 0.3 is 0 Å². The summed E-state index contributed by atoms with van der Waals surface area (Å²) in [5.74, 6) is -2.52. The normalized spacial score (nSPS) is 10.8. The second-order valence-corrected chi connectivity index (χ2v) is 2.84. The molecule has 1 aromatic carbocycles. The van der Waals surface area contributed by atoms with Crippen molar-refractivity contribution in [2.75, 3.05) is 0 Å². The Morgan fingerprint density at radius 3 is 2.86 bits per heavy atom. The first kappa shape index (κ1) is 8.80. The quantitative estimate of drug-likeness (QED) is 0.659. The maximum atomic E-state index is 13.5. The molecule has 3 nitrogen and oxygen atoms in total. The zero-order valence-electron chi connectivity index (χ0n) is 7.17. The zero-order chi connectivity index (χ0) is 10.3. The minimum Gasteiger partial charge on any atom is -0.356 e. The lowest BCUT2D eigenvalue weighted by Gasteiger charge is -1.99. The number of halogens is 2. The average molecular weight is 197 g/mol. The van der Waals surface area contributed by atoms with E-state index in [1.807, 2.05) is 0 Å². The highest BCUT2D eigenvalue weighted by Crippen LogP contribution is 2.23. The van der Waals surface area contributed by atoms with Crippen LogP contribution in [0.5, 0.6) is 0 Å². The molecule has 0 saturated heterocycles. The standard InChI is InChI=1S/C9H5F2NO2/c1-4(13)8-6(10)2-7-5(9(8)11)3-12-14-7/h2-3H,1H3. The molecule has 0 unspecified atom stereocenters. The Labute approximate surface area is 77.3 Å². The molecule has 0 N–H and O–H groups in total. The summed E-state index contributed by atoms with van der Waals surface area (Å²) in [6.45, 7) is 1.10. The molecular weight excluding hydrogens is 192 g/mol. The van der Waals surface area contributed by atoms with Crippen LogP contribution in [0.3, 0.4) is 0 Å². The highest BCUT2D eigenvalue weighted by molar-refractivity contribution is 5.98. The Balaban J connectivity index is 2.89. The number of aromatic nitrogens is 1. The molecule has 0 amide bonds. The third-order valence-electron chi connectivity index (χ3n) is 1.90. The second kappa shape index (κ2) is 2.87. The molecular formula is C9H5F2NO2. The number of fused-ring (bicyclic) bond motifs is 1. The summed E-state index contributed by atoms with van der Waals surface area (Å²) in [7, 11) is 0. The van der Waals surface area contributed by atoms with Gasteiger partial charge in [0.05, 0.1) is 17.1 Å². The van der Waals surface area contributed by atoms with Gasteiger partial charge in [-0.1, -0.05) is 5.16 Å². The molecule has 0 saturated carbocycles. The predicted molar refractivity (Wildman–Crippen MR) is 43.9 cm³/mol. The van der Waals surface area contributed by atoms with Crippen molar-refractivity contribution in [1.29, 1.82) is 0 Å². The minimum absolute atomic E-state index is 0.00926. The van der Waals surface area contributed by atoms with Crippen molar-refractivity contribution in [3.05, 3.63) is 29.5 Å². The molecule has 5 heteroatoms. The predicted octanol–water partition coefficient (Wildman–Crippen LogP) is 2.31. The molecule has 14 heavy (non-hydrogen) atoms. The molecule has 0 spiro atoms. The summed E-state index contributed by atoms with van der Waals surface area (Å²) in [5, 5.41) is 3.32. The van der Waals surface area contributed by atoms with Crippen molar-refractivity contribution in [3.63, 3.8) is 0 Å². The number of nitrogens with zero attached hydrogens (tertiary/aromatic N) is 1. The van der Waals surface area contributed by atoms with Crippen LogP contribution in [0.1, 0.15) is 17.3 Å². The second-order valence-electron chi connectivity index (χ2n) is 2.84. The van der Waals surface area contributed by atoms with E-state index in [0.717, 1.165) is 19.2 Å². The molecule has 0 aliphatic carbocycles. The largest absolute Gasteiger partial charge is 0.356 e. The summed E-state index contributed by atoms with van der Waals surface area (Å²) in [5.41, 5.74) is -0.564. The lowest BCUT2D eigenvalue weighted by molar-refractivity contribution is 0.101. The lowest BCUT2D eigenvalue weighted by Crippen LogP contribution is -2.01. The topological polar surface area (TPSA) is 43.1 Å². The molecule has 72 valence electrons. The van der Waals surface area contributed by atoms with E-state index >= 15 is 0 Å². The summed E-state index contributed by atoms with van der Waals surface area (Å²) >= 11 is 0. The third-order valence-corrected chi connectivity index (χ3v) is 1.90. The van der Waals surface area contributed by atoms with E-state index in [1.165, 1.54) is 0 Å². The number of carbonyl (C=O) groups excluding carboxylic acids is 1. The van der Waals surface area contributed by atoms with Crippen LogP contribution >= 0.6 is 0 Å². The minimum atomic E-state index is -0.931. The Bertz CT molecular complexity index is 519. The Morgan fingerprint density at radius 2 is 2.21 bits per heavy atom. The smallest absolute Gasteiger partial charge is 0.172 e. The fourth-order valence-corrected chi connectivity index (χ4v) is 1.27. The maximum absolute atomic E-state index is 13.5. The van der Waals surface area contributed by atoms with Gasteiger partial charge < -0.3 is 4.52 Å². The van der Waals surface area contributed by atoms with Crippen LogP contribution < -0.4 is 0 Å². The van der Waals surface area contributed by atoms with Crippen LogP contribution in [0, 0.1) is 11.6 Å². The molecule has 0 aliphatic heterocycles. The Kier molecular flexibility index (Phi) is 1.80. The van der Waals surface area contributed by atoms with Crippen molar-refractivity contribution in [2.45, 2.75) is 6.92 Å². The third kappa shape index (κ3) is 1.09. The van der Waals surface area contributed by atoms with Gasteiger partial charge in [-0.15, -0.1) is 0 Å².